The van der Waals surface area contributed by atoms with Crippen LogP contribution in [0.2, 0.25) is 0 Å². The topological polar surface area (TPSA) is 114 Å². The second kappa shape index (κ2) is 3.87. The molecule has 4 N–H and O–H groups in total. The van der Waals surface area contributed by atoms with Crippen LogP contribution in [0.5, 0.6) is 0 Å². The quantitative estimate of drug-likeness (QED) is 0.624. The molecular weight excluding hydrogens is 212 g/mol. The highest BCUT2D eigenvalue weighted by atomic mass is 16.4. The van der Waals surface area contributed by atoms with Gasteiger partial charge in [-0.3, -0.25) is 4.79 Å². The lowest BCUT2D eigenvalue weighted by atomic mass is 10.1. The molecule has 84 valence electrons. The van der Waals surface area contributed by atoms with Crippen molar-refractivity contribution in [3.8, 4) is 0 Å². The van der Waals surface area contributed by atoms with Crippen molar-refractivity contribution in [2.24, 2.45) is 5.73 Å². The molecule has 0 bridgehead atoms. The Morgan fingerprint density at radius 2 is 2.31 bits per heavy atom. The number of fused-ring (bicyclic) bond motifs is 1. The van der Waals surface area contributed by atoms with Gasteiger partial charge in [0.15, 0.2) is 5.65 Å². The highest BCUT2D eigenvalue weighted by Crippen LogP contribution is 2.15. The van der Waals surface area contributed by atoms with Crippen LogP contribution < -0.4 is 5.73 Å². The molecular formula is C9H10N4O3. The first-order valence-corrected chi connectivity index (χ1v) is 4.56. The first-order valence-electron chi connectivity index (χ1n) is 4.56. The number of aliphatic hydroxyl groups is 1. The lowest BCUT2D eigenvalue weighted by Gasteiger charge is -2.11. The first kappa shape index (κ1) is 10.5. The molecule has 0 saturated carbocycles. The van der Waals surface area contributed by atoms with E-state index in [1.54, 1.807) is 18.5 Å². The molecule has 16 heavy (non-hydrogen) atoms. The minimum absolute atomic E-state index is 0.189. The Morgan fingerprint density at radius 1 is 1.56 bits per heavy atom. The summed E-state index contributed by atoms with van der Waals surface area (Å²) in [7, 11) is 0. The van der Waals surface area contributed by atoms with Crippen LogP contribution >= 0.6 is 0 Å². The van der Waals surface area contributed by atoms with E-state index in [-0.39, 0.29) is 5.69 Å². The van der Waals surface area contributed by atoms with Gasteiger partial charge in [-0.15, -0.1) is 0 Å². The van der Waals surface area contributed by atoms with Gasteiger partial charge in [-0.2, -0.15) is 5.10 Å². The zero-order valence-corrected chi connectivity index (χ0v) is 8.19. The fourth-order valence-electron chi connectivity index (χ4n) is 1.31. The van der Waals surface area contributed by atoms with Gasteiger partial charge >= 0.3 is 5.97 Å². The predicted octanol–water partition coefficient (Wildman–Crippen LogP) is -0.825. The largest absolute Gasteiger partial charge is 0.480 e. The van der Waals surface area contributed by atoms with E-state index in [9.17, 15) is 9.90 Å². The fraction of sp³-hybridized carbons (Fsp3) is 0.222. The number of aromatic nitrogens is 3. The molecule has 7 heteroatoms. The molecule has 2 rings (SSSR count). The molecule has 0 saturated heterocycles. The molecule has 0 spiro atoms. The molecule has 0 fully saturated rings. The Bertz CT molecular complexity index is 491. The van der Waals surface area contributed by atoms with Gasteiger partial charge in [0.2, 0.25) is 0 Å². The van der Waals surface area contributed by atoms with Crippen LogP contribution in [0.3, 0.4) is 0 Å². The Hall–Kier alpha value is -1.99. The number of carboxylic acid groups (broad SMARTS) is 1. The molecule has 2 heterocycles. The van der Waals surface area contributed by atoms with Crippen molar-refractivity contribution in [1.82, 2.24) is 14.6 Å². The van der Waals surface area contributed by atoms with Crippen LogP contribution in [0.15, 0.2) is 24.5 Å². The van der Waals surface area contributed by atoms with Crippen molar-refractivity contribution in [3.05, 3.63) is 30.2 Å². The molecule has 7 nitrogen and oxygen atoms in total. The van der Waals surface area contributed by atoms with Crippen molar-refractivity contribution < 1.29 is 15.0 Å². The fourth-order valence-corrected chi connectivity index (χ4v) is 1.31. The summed E-state index contributed by atoms with van der Waals surface area (Å²) < 4.78 is 1.44. The molecule has 2 aromatic heterocycles. The first-order chi connectivity index (χ1) is 7.59. The van der Waals surface area contributed by atoms with Crippen molar-refractivity contribution >= 4 is 11.6 Å². The number of rotatable bonds is 3. The van der Waals surface area contributed by atoms with Crippen molar-refractivity contribution in [3.63, 3.8) is 0 Å². The van der Waals surface area contributed by atoms with Crippen LogP contribution in [0.4, 0.5) is 0 Å². The molecule has 0 aliphatic rings. The standard InChI is InChI=1S/C9H10N4O3/c10-7(9(15)16)8(14)5-4-6-11-2-1-3-13(6)12-5/h1-4,7-8,14H,10H2,(H,15,16). The van der Waals surface area contributed by atoms with Crippen LogP contribution in [-0.4, -0.2) is 36.8 Å². The lowest BCUT2D eigenvalue weighted by Crippen LogP contribution is -2.36. The summed E-state index contributed by atoms with van der Waals surface area (Å²) in [5.41, 5.74) is 6.01. The summed E-state index contributed by atoms with van der Waals surface area (Å²) in [5, 5.41) is 22.3. The van der Waals surface area contributed by atoms with Gasteiger partial charge in [0.25, 0.3) is 0 Å². The molecule has 2 unspecified atom stereocenters. The van der Waals surface area contributed by atoms with Crippen LogP contribution in [0, 0.1) is 0 Å². The Balaban J connectivity index is 2.36. The molecule has 0 aliphatic heterocycles. The maximum Gasteiger partial charge on any atom is 0.323 e. The number of hydrogen-bond donors (Lipinski definition) is 3. The molecule has 0 radical (unpaired) electrons. The van der Waals surface area contributed by atoms with Gasteiger partial charge in [-0.25, -0.2) is 9.50 Å². The van der Waals surface area contributed by atoms with Crippen molar-refractivity contribution in [1.29, 1.82) is 0 Å². The van der Waals surface area contributed by atoms with E-state index < -0.39 is 18.1 Å². The third-order valence-corrected chi connectivity index (χ3v) is 2.18. The minimum Gasteiger partial charge on any atom is -0.480 e. The summed E-state index contributed by atoms with van der Waals surface area (Å²) in [6.45, 7) is 0. The zero-order chi connectivity index (χ0) is 11.7. The average Bonchev–Trinajstić information content (AvgIpc) is 2.70. The second-order valence-electron chi connectivity index (χ2n) is 3.30. The third kappa shape index (κ3) is 1.73. The second-order valence-corrected chi connectivity index (χ2v) is 3.30. The number of nitrogens with zero attached hydrogens (tertiary/aromatic N) is 3. The number of aliphatic carboxylic acids is 1. The van der Waals surface area contributed by atoms with Gasteiger partial charge in [-0.1, -0.05) is 0 Å². The molecule has 0 aliphatic carbocycles. The van der Waals surface area contributed by atoms with Crippen LogP contribution in [-0.2, 0) is 4.79 Å². The average molecular weight is 222 g/mol. The molecule has 2 aromatic rings. The number of carbonyl (C=O) groups is 1. The number of aliphatic hydroxyl groups excluding tert-OH is 1. The normalized spacial score (nSPS) is 14.9. The maximum absolute atomic E-state index is 10.6. The SMILES string of the molecule is NC(C(=O)O)C(O)c1cc2ncccn2n1. The Kier molecular flexibility index (Phi) is 2.55. The summed E-state index contributed by atoms with van der Waals surface area (Å²) in [4.78, 5) is 14.6. The third-order valence-electron chi connectivity index (χ3n) is 2.18. The van der Waals surface area contributed by atoms with Crippen molar-refractivity contribution in [2.75, 3.05) is 0 Å². The highest BCUT2D eigenvalue weighted by Gasteiger charge is 2.25. The van der Waals surface area contributed by atoms with E-state index in [0.29, 0.717) is 5.65 Å². The van der Waals surface area contributed by atoms with Crippen molar-refractivity contribution in [2.45, 2.75) is 12.1 Å². The minimum atomic E-state index is -1.40. The van der Waals surface area contributed by atoms with Gasteiger partial charge in [-0.05, 0) is 6.07 Å². The Morgan fingerprint density at radius 3 is 2.94 bits per heavy atom. The summed E-state index contributed by atoms with van der Waals surface area (Å²) in [5.74, 6) is -1.28. The molecule has 0 amide bonds. The molecule has 2 atom stereocenters. The van der Waals surface area contributed by atoms with Gasteiger partial charge in [0, 0.05) is 18.5 Å². The Labute approximate surface area is 90.1 Å². The maximum atomic E-state index is 10.6. The monoisotopic (exact) mass is 222 g/mol. The van der Waals surface area contributed by atoms with E-state index in [2.05, 4.69) is 10.1 Å². The smallest absolute Gasteiger partial charge is 0.323 e. The summed E-state index contributed by atoms with van der Waals surface area (Å²) >= 11 is 0. The number of nitrogens with two attached hydrogens (primary N) is 1. The molecule has 0 aromatic carbocycles. The lowest BCUT2D eigenvalue weighted by molar-refractivity contribution is -0.141. The van der Waals surface area contributed by atoms with Gasteiger partial charge in [0.05, 0.1) is 5.69 Å². The van der Waals surface area contributed by atoms with E-state index in [0.717, 1.165) is 0 Å². The summed E-state index contributed by atoms with van der Waals surface area (Å²) in [6.07, 6.45) is 1.87. The highest BCUT2D eigenvalue weighted by molar-refractivity contribution is 5.74. The van der Waals surface area contributed by atoms with Crippen LogP contribution in [0.1, 0.15) is 11.8 Å². The van der Waals surface area contributed by atoms with E-state index in [1.807, 2.05) is 0 Å². The predicted molar refractivity (Wildman–Crippen MR) is 53.6 cm³/mol. The number of carboxylic acids is 1. The van der Waals surface area contributed by atoms with E-state index in [1.165, 1.54) is 10.6 Å². The van der Waals surface area contributed by atoms with Gasteiger partial charge in [0.1, 0.15) is 12.1 Å². The summed E-state index contributed by atoms with van der Waals surface area (Å²) in [6, 6.07) is 1.77. The number of hydrogen-bond acceptors (Lipinski definition) is 5. The zero-order valence-electron chi connectivity index (χ0n) is 8.19. The van der Waals surface area contributed by atoms with E-state index >= 15 is 0 Å². The van der Waals surface area contributed by atoms with Gasteiger partial charge < -0.3 is 15.9 Å². The van der Waals surface area contributed by atoms with Crippen LogP contribution in [0.25, 0.3) is 5.65 Å². The van der Waals surface area contributed by atoms with E-state index in [4.69, 9.17) is 10.8 Å².